The first kappa shape index (κ1) is 27.9. The number of pyridine rings is 2. The Labute approximate surface area is 212 Å². The third-order valence-corrected chi connectivity index (χ3v) is 6.27. The van der Waals surface area contributed by atoms with Gasteiger partial charge < -0.3 is 28.8 Å². The lowest BCUT2D eigenvalue weighted by Gasteiger charge is -2.14. The van der Waals surface area contributed by atoms with Gasteiger partial charge in [-0.15, -0.1) is 0 Å². The topological polar surface area (TPSA) is 126 Å². The van der Waals surface area contributed by atoms with Crippen molar-refractivity contribution in [1.29, 1.82) is 0 Å². The normalized spacial score (nSPS) is 15.9. The predicted octanol–water partition coefficient (Wildman–Crippen LogP) is 3.92. The summed E-state index contributed by atoms with van der Waals surface area (Å²) in [5.41, 5.74) is -0.688. The van der Waals surface area contributed by atoms with E-state index in [0.29, 0.717) is 23.9 Å². The Balaban J connectivity index is 0.000000206. The van der Waals surface area contributed by atoms with Crippen LogP contribution >= 0.6 is 0 Å². The van der Waals surface area contributed by atoms with Crippen molar-refractivity contribution in [2.45, 2.75) is 25.7 Å². The number of nitrogens with zero attached hydrogens (tertiary/aromatic N) is 2. The largest absolute Gasteiger partial charge is 0.493 e. The number of halogens is 2. The lowest BCUT2D eigenvalue weighted by Crippen LogP contribution is -2.15. The van der Waals surface area contributed by atoms with Gasteiger partial charge in [-0.3, -0.25) is 8.78 Å². The van der Waals surface area contributed by atoms with Crippen molar-refractivity contribution in [2.75, 3.05) is 47.9 Å². The van der Waals surface area contributed by atoms with Crippen molar-refractivity contribution >= 4 is 11.9 Å². The number of rotatable bonds is 12. The zero-order valence-electron chi connectivity index (χ0n) is 20.9. The van der Waals surface area contributed by atoms with Crippen LogP contribution in [-0.4, -0.2) is 74.9 Å². The molecular weight excluding hydrogens is 494 g/mol. The lowest BCUT2D eigenvalue weighted by molar-refractivity contribution is 0.0592. The van der Waals surface area contributed by atoms with E-state index in [0.717, 1.165) is 25.7 Å². The van der Waals surface area contributed by atoms with Gasteiger partial charge in [-0.25, -0.2) is 19.6 Å². The molecule has 2 fully saturated rings. The van der Waals surface area contributed by atoms with Gasteiger partial charge in [0.25, 0.3) is 0 Å². The molecule has 0 aliphatic heterocycles. The van der Waals surface area contributed by atoms with E-state index in [1.807, 2.05) is 0 Å². The van der Waals surface area contributed by atoms with Crippen LogP contribution in [0.5, 0.6) is 23.0 Å². The maximum absolute atomic E-state index is 12.7. The van der Waals surface area contributed by atoms with Gasteiger partial charge >= 0.3 is 11.9 Å². The van der Waals surface area contributed by atoms with Gasteiger partial charge in [0.05, 0.1) is 60.3 Å². The molecule has 2 aliphatic carbocycles. The summed E-state index contributed by atoms with van der Waals surface area (Å²) in [7, 11) is 4.15. The van der Waals surface area contributed by atoms with Crippen molar-refractivity contribution in [3.05, 3.63) is 35.9 Å². The molecule has 12 heteroatoms. The summed E-state index contributed by atoms with van der Waals surface area (Å²) in [6.45, 7) is -0.244. The smallest absolute Gasteiger partial charge is 0.356 e. The monoisotopic (exact) mass is 524 g/mol. The molecule has 2 aliphatic rings. The maximum atomic E-state index is 12.7. The first-order valence-corrected chi connectivity index (χ1v) is 11.5. The van der Waals surface area contributed by atoms with Crippen LogP contribution in [0.4, 0.5) is 8.78 Å². The van der Waals surface area contributed by atoms with Crippen LogP contribution in [0, 0.1) is 10.8 Å². The number of methoxy groups -OCH3 is 3. The third-order valence-electron chi connectivity index (χ3n) is 6.27. The number of hydrogen-bond donors (Lipinski definition) is 1. The second-order valence-corrected chi connectivity index (χ2v) is 9.08. The summed E-state index contributed by atoms with van der Waals surface area (Å²) in [6.07, 6.45) is 5.97. The summed E-state index contributed by atoms with van der Waals surface area (Å²) in [5, 5.41) is 8.79. The molecule has 202 valence electrons. The van der Waals surface area contributed by atoms with Gasteiger partial charge in [0.2, 0.25) is 0 Å². The van der Waals surface area contributed by atoms with Crippen molar-refractivity contribution in [3.63, 3.8) is 0 Å². The average molecular weight is 525 g/mol. The summed E-state index contributed by atoms with van der Waals surface area (Å²) < 4.78 is 51.2. The van der Waals surface area contributed by atoms with Gasteiger partial charge in [-0.2, -0.15) is 0 Å². The quantitative estimate of drug-likeness (QED) is 0.408. The molecule has 2 aromatic heterocycles. The summed E-state index contributed by atoms with van der Waals surface area (Å²) >= 11 is 0. The summed E-state index contributed by atoms with van der Waals surface area (Å²) in [5.74, 6) is -0.284. The molecular formula is C25H30F2N2O8. The standard InChI is InChI=1S/C13H16FNO4.C12H14FNO4/c1-17-10-5-9(12(16)18-2)15-6-11(10)19-8-13(7-14)3-4-13;1-17-9-4-8(11(15)16)14-5-10(9)18-7-12(6-13)2-3-12/h5-6H,3-4,7-8H2,1-2H3;4-5H,2-3,6-7H2,1H3,(H,15,16). The van der Waals surface area contributed by atoms with E-state index in [1.54, 1.807) is 0 Å². The van der Waals surface area contributed by atoms with E-state index < -0.39 is 18.6 Å². The fraction of sp³-hybridized carbons (Fsp3) is 0.520. The Morgan fingerprint density at radius 1 is 0.811 bits per heavy atom. The Morgan fingerprint density at radius 3 is 1.59 bits per heavy atom. The Hall–Kier alpha value is -3.70. The highest BCUT2D eigenvalue weighted by atomic mass is 19.1. The fourth-order valence-electron chi connectivity index (χ4n) is 3.17. The SMILES string of the molecule is COC(=O)c1cc(OC)c(OCC2(CF)CC2)cn1.COc1cc(C(=O)O)ncc1OCC1(CF)CC1. The number of esters is 1. The Morgan fingerprint density at radius 2 is 1.24 bits per heavy atom. The lowest BCUT2D eigenvalue weighted by atomic mass is 10.1. The molecule has 2 heterocycles. The molecule has 0 bridgehead atoms. The molecule has 0 saturated heterocycles. The zero-order chi connectivity index (χ0) is 27.1. The molecule has 37 heavy (non-hydrogen) atoms. The summed E-state index contributed by atoms with van der Waals surface area (Å²) in [6, 6.07) is 2.73. The minimum Gasteiger partial charge on any atom is -0.493 e. The van der Waals surface area contributed by atoms with Crippen LogP contribution in [0.3, 0.4) is 0 Å². The van der Waals surface area contributed by atoms with Crippen LogP contribution in [0.25, 0.3) is 0 Å². The molecule has 4 rings (SSSR count). The van der Waals surface area contributed by atoms with Gasteiger partial charge in [0.1, 0.15) is 0 Å². The third kappa shape index (κ3) is 7.17. The number of hydrogen-bond acceptors (Lipinski definition) is 9. The molecule has 0 atom stereocenters. The molecule has 2 aromatic rings. The Kier molecular flexibility index (Phi) is 9.06. The van der Waals surface area contributed by atoms with Gasteiger partial charge in [0, 0.05) is 23.0 Å². The highest BCUT2D eigenvalue weighted by Crippen LogP contribution is 2.47. The van der Waals surface area contributed by atoms with E-state index in [9.17, 15) is 18.4 Å². The molecule has 2 saturated carbocycles. The fourth-order valence-corrected chi connectivity index (χ4v) is 3.17. The van der Waals surface area contributed by atoms with Crippen LogP contribution in [0.1, 0.15) is 46.7 Å². The van der Waals surface area contributed by atoms with Gasteiger partial charge in [-0.05, 0) is 25.7 Å². The van der Waals surface area contributed by atoms with Crippen molar-refractivity contribution < 1.29 is 47.2 Å². The number of carboxylic acid groups (broad SMARTS) is 1. The number of carbonyl (C=O) groups is 2. The number of ether oxygens (including phenoxy) is 5. The minimum absolute atomic E-state index is 0.120. The highest BCUT2D eigenvalue weighted by molar-refractivity contribution is 5.87. The van der Waals surface area contributed by atoms with Crippen LogP contribution in [0.15, 0.2) is 24.5 Å². The molecule has 1 N–H and O–H groups in total. The van der Waals surface area contributed by atoms with E-state index in [4.69, 9.17) is 24.1 Å². The van der Waals surface area contributed by atoms with Crippen LogP contribution in [0.2, 0.25) is 0 Å². The predicted molar refractivity (Wildman–Crippen MR) is 126 cm³/mol. The molecule has 0 radical (unpaired) electrons. The number of aromatic carboxylic acids is 1. The van der Waals surface area contributed by atoms with E-state index in [1.165, 1.54) is 45.9 Å². The van der Waals surface area contributed by atoms with Crippen molar-refractivity contribution in [1.82, 2.24) is 9.97 Å². The molecule has 0 unspecified atom stereocenters. The second-order valence-electron chi connectivity index (χ2n) is 9.08. The average Bonchev–Trinajstić information content (AvgIpc) is 3.87. The van der Waals surface area contributed by atoms with Crippen molar-refractivity contribution in [3.8, 4) is 23.0 Å². The first-order chi connectivity index (χ1) is 17.7. The zero-order valence-corrected chi connectivity index (χ0v) is 20.9. The van der Waals surface area contributed by atoms with Crippen LogP contribution < -0.4 is 18.9 Å². The number of alkyl halides is 2. The highest BCUT2D eigenvalue weighted by Gasteiger charge is 2.44. The Bertz CT molecular complexity index is 1110. The number of carbonyl (C=O) groups excluding carboxylic acids is 1. The van der Waals surface area contributed by atoms with Gasteiger partial charge in [-0.1, -0.05) is 0 Å². The number of carboxylic acids is 1. The summed E-state index contributed by atoms with van der Waals surface area (Å²) in [4.78, 5) is 29.7. The van der Waals surface area contributed by atoms with E-state index in [2.05, 4.69) is 14.7 Å². The second kappa shape index (κ2) is 12.0. The molecule has 10 nitrogen and oxygen atoms in total. The van der Waals surface area contributed by atoms with E-state index in [-0.39, 0.29) is 41.2 Å². The van der Waals surface area contributed by atoms with Crippen LogP contribution in [-0.2, 0) is 4.74 Å². The number of aromatic nitrogens is 2. The molecule has 0 amide bonds. The molecule has 0 aromatic carbocycles. The van der Waals surface area contributed by atoms with Crippen molar-refractivity contribution in [2.24, 2.45) is 10.8 Å². The first-order valence-electron chi connectivity index (χ1n) is 11.5. The van der Waals surface area contributed by atoms with Gasteiger partial charge in [0.15, 0.2) is 34.4 Å². The maximum Gasteiger partial charge on any atom is 0.356 e. The van der Waals surface area contributed by atoms with E-state index >= 15 is 0 Å². The minimum atomic E-state index is -1.14. The molecule has 0 spiro atoms.